The number of aliphatic hydroxyl groups excluding tert-OH is 1. The van der Waals surface area contributed by atoms with Gasteiger partial charge in [-0.25, -0.2) is 0 Å². The van der Waals surface area contributed by atoms with Crippen LogP contribution in [0.5, 0.6) is 17.2 Å². The van der Waals surface area contributed by atoms with Crippen molar-refractivity contribution in [1.29, 1.82) is 0 Å². The van der Waals surface area contributed by atoms with E-state index in [0.717, 1.165) is 12.0 Å². The van der Waals surface area contributed by atoms with Crippen molar-refractivity contribution in [3.8, 4) is 17.2 Å². The molecule has 1 fully saturated rings. The normalized spacial score (nSPS) is 16.9. The van der Waals surface area contributed by atoms with Gasteiger partial charge in [0, 0.05) is 17.3 Å². The summed E-state index contributed by atoms with van der Waals surface area (Å²) in [6, 6.07) is 18.5. The van der Waals surface area contributed by atoms with E-state index < -0.39 is 17.7 Å². The van der Waals surface area contributed by atoms with Crippen LogP contribution in [0.25, 0.3) is 5.76 Å². The standard InChI is InChI=1S/C28H27NO6/c1-5-17-10-12-18(13-11-17)29-25(20-8-6-7-9-22(20)34-3)24(27(31)28(29)32)26(30)21-15-14-19(33-2)16-23(21)35-4/h6-16,25,30H,5H2,1-4H3/b26-24+. The first kappa shape index (κ1) is 23.9. The van der Waals surface area contributed by atoms with E-state index in [1.807, 2.05) is 19.1 Å². The van der Waals surface area contributed by atoms with Crippen molar-refractivity contribution in [2.45, 2.75) is 19.4 Å². The highest BCUT2D eigenvalue weighted by Crippen LogP contribution is 2.46. The molecule has 1 unspecified atom stereocenters. The number of rotatable bonds is 7. The molecular formula is C28H27NO6. The van der Waals surface area contributed by atoms with Gasteiger partial charge in [0.15, 0.2) is 0 Å². The van der Waals surface area contributed by atoms with Crippen molar-refractivity contribution in [2.24, 2.45) is 0 Å². The summed E-state index contributed by atoms with van der Waals surface area (Å²) in [5, 5.41) is 11.4. The van der Waals surface area contributed by atoms with E-state index in [-0.39, 0.29) is 16.9 Å². The Balaban J connectivity index is 1.98. The summed E-state index contributed by atoms with van der Waals surface area (Å²) in [5.41, 5.74) is 2.43. The molecule has 180 valence electrons. The van der Waals surface area contributed by atoms with Crippen molar-refractivity contribution < 1.29 is 28.9 Å². The number of aryl methyl sites for hydroxylation is 1. The Labute approximate surface area is 204 Å². The van der Waals surface area contributed by atoms with Crippen molar-refractivity contribution >= 4 is 23.1 Å². The van der Waals surface area contributed by atoms with Crippen LogP contribution in [-0.4, -0.2) is 38.1 Å². The number of Topliss-reactive ketones (excluding diaryl/α,β-unsaturated/α-hetero) is 1. The Hall–Kier alpha value is -4.26. The minimum absolute atomic E-state index is 0.0532. The first-order chi connectivity index (χ1) is 16.9. The van der Waals surface area contributed by atoms with Crippen molar-refractivity contribution in [2.75, 3.05) is 26.2 Å². The van der Waals surface area contributed by atoms with Gasteiger partial charge >= 0.3 is 0 Å². The minimum atomic E-state index is -0.912. The third kappa shape index (κ3) is 4.21. The van der Waals surface area contributed by atoms with Gasteiger partial charge < -0.3 is 19.3 Å². The Morgan fingerprint density at radius 1 is 0.886 bits per heavy atom. The van der Waals surface area contributed by atoms with Crippen LogP contribution in [0.4, 0.5) is 5.69 Å². The molecule has 1 saturated heterocycles. The number of para-hydroxylation sites is 1. The number of aliphatic hydroxyl groups is 1. The summed E-state index contributed by atoms with van der Waals surface area (Å²) in [7, 11) is 4.50. The molecule has 0 aliphatic carbocycles. The number of carbonyl (C=O) groups is 2. The van der Waals surface area contributed by atoms with Crippen LogP contribution in [0.15, 0.2) is 72.3 Å². The van der Waals surface area contributed by atoms with E-state index in [1.165, 1.54) is 26.2 Å². The van der Waals surface area contributed by atoms with Gasteiger partial charge in [0.2, 0.25) is 0 Å². The van der Waals surface area contributed by atoms with Gasteiger partial charge in [-0.05, 0) is 42.3 Å². The first-order valence-electron chi connectivity index (χ1n) is 11.2. The number of carbonyl (C=O) groups excluding carboxylic acids is 2. The Morgan fingerprint density at radius 2 is 1.57 bits per heavy atom. The molecule has 1 aliphatic rings. The average molecular weight is 474 g/mol. The van der Waals surface area contributed by atoms with Crippen LogP contribution in [0.3, 0.4) is 0 Å². The molecule has 1 heterocycles. The predicted octanol–water partition coefficient (Wildman–Crippen LogP) is 4.90. The van der Waals surface area contributed by atoms with Gasteiger partial charge in [-0.1, -0.05) is 37.3 Å². The number of ketones is 1. The van der Waals surface area contributed by atoms with Gasteiger partial charge in [0.1, 0.15) is 23.0 Å². The maximum absolute atomic E-state index is 13.4. The highest BCUT2D eigenvalue weighted by atomic mass is 16.5. The molecule has 0 spiro atoms. The fraction of sp³-hybridized carbons (Fsp3) is 0.214. The zero-order valence-electron chi connectivity index (χ0n) is 20.1. The van der Waals surface area contributed by atoms with E-state index in [0.29, 0.717) is 28.5 Å². The molecule has 4 rings (SSSR count). The Bertz CT molecular complexity index is 1300. The lowest BCUT2D eigenvalue weighted by molar-refractivity contribution is -0.132. The molecule has 7 nitrogen and oxygen atoms in total. The summed E-state index contributed by atoms with van der Waals surface area (Å²) >= 11 is 0. The summed E-state index contributed by atoms with van der Waals surface area (Å²) in [5.74, 6) is -0.557. The maximum Gasteiger partial charge on any atom is 0.300 e. The predicted molar refractivity (Wildman–Crippen MR) is 133 cm³/mol. The smallest absolute Gasteiger partial charge is 0.300 e. The average Bonchev–Trinajstić information content (AvgIpc) is 3.17. The van der Waals surface area contributed by atoms with Crippen molar-refractivity contribution in [1.82, 2.24) is 0 Å². The van der Waals surface area contributed by atoms with Crippen LogP contribution in [0.2, 0.25) is 0 Å². The highest BCUT2D eigenvalue weighted by Gasteiger charge is 2.48. The van der Waals surface area contributed by atoms with Crippen LogP contribution >= 0.6 is 0 Å². The lowest BCUT2D eigenvalue weighted by Crippen LogP contribution is -2.29. The van der Waals surface area contributed by atoms with E-state index in [9.17, 15) is 14.7 Å². The van der Waals surface area contributed by atoms with Gasteiger partial charge in [0.05, 0.1) is 38.5 Å². The quantitative estimate of drug-likeness (QED) is 0.298. The zero-order chi connectivity index (χ0) is 25.1. The number of nitrogens with zero attached hydrogens (tertiary/aromatic N) is 1. The third-order valence-corrected chi connectivity index (χ3v) is 6.16. The van der Waals surface area contributed by atoms with Crippen LogP contribution < -0.4 is 19.1 Å². The Kier molecular flexibility index (Phi) is 6.78. The number of hydrogen-bond acceptors (Lipinski definition) is 6. The second-order valence-corrected chi connectivity index (χ2v) is 8.00. The molecule has 1 amide bonds. The van der Waals surface area contributed by atoms with Gasteiger partial charge in [-0.3, -0.25) is 14.5 Å². The van der Waals surface area contributed by atoms with E-state index >= 15 is 0 Å². The molecule has 3 aromatic rings. The second kappa shape index (κ2) is 9.93. The molecule has 7 heteroatoms. The molecule has 1 atom stereocenters. The first-order valence-corrected chi connectivity index (χ1v) is 11.2. The molecular weight excluding hydrogens is 446 g/mol. The van der Waals surface area contributed by atoms with E-state index in [1.54, 1.807) is 54.6 Å². The van der Waals surface area contributed by atoms with Crippen LogP contribution in [-0.2, 0) is 16.0 Å². The zero-order valence-corrected chi connectivity index (χ0v) is 20.1. The molecule has 0 aromatic heterocycles. The molecule has 3 aromatic carbocycles. The van der Waals surface area contributed by atoms with Crippen LogP contribution in [0.1, 0.15) is 29.7 Å². The molecule has 0 bridgehead atoms. The maximum atomic E-state index is 13.4. The summed E-state index contributed by atoms with van der Waals surface area (Å²) in [6.45, 7) is 2.04. The Morgan fingerprint density at radius 3 is 2.20 bits per heavy atom. The van der Waals surface area contributed by atoms with Gasteiger partial charge in [-0.2, -0.15) is 0 Å². The SMILES string of the molecule is CCc1ccc(N2C(=O)C(=O)/C(=C(/O)c3ccc(OC)cc3OC)C2c2ccccc2OC)cc1. The number of amides is 1. The number of methoxy groups -OCH3 is 3. The van der Waals surface area contributed by atoms with Crippen molar-refractivity contribution in [3.63, 3.8) is 0 Å². The van der Waals surface area contributed by atoms with E-state index in [2.05, 4.69) is 0 Å². The molecule has 0 saturated carbocycles. The van der Waals surface area contributed by atoms with Gasteiger partial charge in [-0.15, -0.1) is 0 Å². The van der Waals surface area contributed by atoms with Crippen LogP contribution in [0, 0.1) is 0 Å². The summed E-state index contributed by atoms with van der Waals surface area (Å²) in [4.78, 5) is 28.2. The number of hydrogen-bond donors (Lipinski definition) is 1. The fourth-order valence-electron chi connectivity index (χ4n) is 4.32. The number of anilines is 1. The number of ether oxygens (including phenoxy) is 3. The molecule has 35 heavy (non-hydrogen) atoms. The number of benzene rings is 3. The summed E-state index contributed by atoms with van der Waals surface area (Å²) in [6.07, 6.45) is 0.840. The van der Waals surface area contributed by atoms with Gasteiger partial charge in [0.25, 0.3) is 11.7 Å². The second-order valence-electron chi connectivity index (χ2n) is 8.00. The van der Waals surface area contributed by atoms with E-state index in [4.69, 9.17) is 14.2 Å². The molecule has 0 radical (unpaired) electrons. The van der Waals surface area contributed by atoms with Crippen molar-refractivity contribution in [3.05, 3.63) is 89.0 Å². The minimum Gasteiger partial charge on any atom is -0.507 e. The molecule has 1 N–H and O–H groups in total. The highest BCUT2D eigenvalue weighted by molar-refractivity contribution is 6.51. The monoisotopic (exact) mass is 473 g/mol. The topological polar surface area (TPSA) is 85.3 Å². The third-order valence-electron chi connectivity index (χ3n) is 6.16. The molecule has 1 aliphatic heterocycles. The lowest BCUT2D eigenvalue weighted by atomic mass is 9.94. The fourth-order valence-corrected chi connectivity index (χ4v) is 4.32. The largest absolute Gasteiger partial charge is 0.507 e. The summed E-state index contributed by atoms with van der Waals surface area (Å²) < 4.78 is 16.3. The lowest BCUT2D eigenvalue weighted by Gasteiger charge is -2.27.